The lowest BCUT2D eigenvalue weighted by molar-refractivity contribution is 0.388. The highest BCUT2D eigenvalue weighted by Gasteiger charge is 2.29. The van der Waals surface area contributed by atoms with Crippen molar-refractivity contribution in [3.05, 3.63) is 29.8 Å². The van der Waals surface area contributed by atoms with Gasteiger partial charge in [0.1, 0.15) is 0 Å². The normalized spacial score (nSPS) is 18.0. The number of hydrogen-bond acceptors (Lipinski definition) is 3. The second-order valence-corrected chi connectivity index (χ2v) is 7.60. The Morgan fingerprint density at radius 1 is 1.24 bits per heavy atom. The number of rotatable bonds is 6. The Hall–Kier alpha value is -1.01. The van der Waals surface area contributed by atoms with Crippen LogP contribution in [-0.2, 0) is 9.84 Å². The Kier molecular flexibility index (Phi) is 5.32. The third-order valence-corrected chi connectivity index (χ3v) is 5.85. The van der Waals surface area contributed by atoms with Crippen molar-refractivity contribution in [1.82, 2.24) is 5.32 Å². The van der Waals surface area contributed by atoms with E-state index in [-0.39, 0.29) is 16.7 Å². The summed E-state index contributed by atoms with van der Waals surface area (Å²) in [6.45, 7) is 2.63. The first-order valence-electron chi connectivity index (χ1n) is 7.35. The Balaban J connectivity index is 2.18. The Morgan fingerprint density at radius 3 is 2.48 bits per heavy atom. The molecule has 6 heteroatoms. The number of nitrogens with one attached hydrogen (secondary N) is 1. The molecule has 21 heavy (non-hydrogen) atoms. The lowest BCUT2D eigenvalue weighted by Gasteiger charge is -2.24. The van der Waals surface area contributed by atoms with Crippen molar-refractivity contribution in [3.63, 3.8) is 0 Å². The number of hydrogen-bond donors (Lipinski definition) is 1. The quantitative estimate of drug-likeness (QED) is 0.821. The predicted octanol–water partition coefficient (Wildman–Crippen LogP) is 2.91. The van der Waals surface area contributed by atoms with Crippen LogP contribution >= 0.6 is 0 Å². The number of sulfone groups is 1. The number of benzene rings is 1. The van der Waals surface area contributed by atoms with Crippen molar-refractivity contribution >= 4 is 9.84 Å². The van der Waals surface area contributed by atoms with E-state index in [0.717, 1.165) is 43.9 Å². The first-order valence-corrected chi connectivity index (χ1v) is 9.00. The highest BCUT2D eigenvalue weighted by atomic mass is 32.2. The molecular weight excluding hydrogens is 296 g/mol. The van der Waals surface area contributed by atoms with E-state index >= 15 is 0 Å². The second-order valence-electron chi connectivity index (χ2n) is 5.57. The summed E-state index contributed by atoms with van der Waals surface area (Å²) in [6, 6.07) is 2.63. The van der Waals surface area contributed by atoms with E-state index in [1.54, 1.807) is 0 Å². The van der Waals surface area contributed by atoms with Crippen LogP contribution in [0.4, 0.5) is 8.78 Å². The van der Waals surface area contributed by atoms with Crippen LogP contribution in [0.15, 0.2) is 23.1 Å². The molecule has 0 aliphatic heterocycles. The van der Waals surface area contributed by atoms with Crippen LogP contribution in [-0.4, -0.2) is 26.8 Å². The summed E-state index contributed by atoms with van der Waals surface area (Å²) in [5.41, 5.74) is 0. The molecule has 1 aromatic carbocycles. The zero-order valence-corrected chi connectivity index (χ0v) is 12.9. The molecule has 1 aromatic rings. The van der Waals surface area contributed by atoms with Crippen molar-refractivity contribution in [2.75, 3.05) is 12.3 Å². The van der Waals surface area contributed by atoms with Gasteiger partial charge in [0, 0.05) is 6.04 Å². The lowest BCUT2D eigenvalue weighted by atomic mass is 10.00. The van der Waals surface area contributed by atoms with Gasteiger partial charge in [-0.05, 0) is 43.5 Å². The second kappa shape index (κ2) is 6.83. The highest BCUT2D eigenvalue weighted by molar-refractivity contribution is 7.91. The summed E-state index contributed by atoms with van der Waals surface area (Å²) in [7, 11) is -3.63. The minimum Gasteiger partial charge on any atom is -0.313 e. The standard InChI is InChI=1S/C15H21F2NO2S/c1-2-18-15(11-5-3-4-6-11)10-21(19,20)12-7-8-13(16)14(17)9-12/h7-9,11,15,18H,2-6,10H2,1H3. The maximum Gasteiger partial charge on any atom is 0.180 e. The predicted molar refractivity (Wildman–Crippen MR) is 77.8 cm³/mol. The van der Waals surface area contributed by atoms with Gasteiger partial charge in [-0.25, -0.2) is 17.2 Å². The van der Waals surface area contributed by atoms with E-state index in [0.29, 0.717) is 12.5 Å². The van der Waals surface area contributed by atoms with Crippen LogP contribution < -0.4 is 5.32 Å². The summed E-state index contributed by atoms with van der Waals surface area (Å²) in [4.78, 5) is -0.151. The van der Waals surface area contributed by atoms with Gasteiger partial charge in [0.05, 0.1) is 10.6 Å². The molecule has 1 aliphatic rings. The average molecular weight is 317 g/mol. The van der Waals surface area contributed by atoms with Crippen molar-refractivity contribution in [1.29, 1.82) is 0 Å². The maximum atomic E-state index is 13.2. The summed E-state index contributed by atoms with van der Waals surface area (Å²) in [5.74, 6) is -1.90. The van der Waals surface area contributed by atoms with Crippen LogP contribution in [0.3, 0.4) is 0 Å². The number of halogens is 2. The van der Waals surface area contributed by atoms with Crippen molar-refractivity contribution < 1.29 is 17.2 Å². The fraction of sp³-hybridized carbons (Fsp3) is 0.600. The van der Waals surface area contributed by atoms with Crippen LogP contribution in [0.5, 0.6) is 0 Å². The largest absolute Gasteiger partial charge is 0.313 e. The molecule has 0 spiro atoms. The van der Waals surface area contributed by atoms with Crippen LogP contribution in [0, 0.1) is 17.6 Å². The molecule has 0 saturated heterocycles. The van der Waals surface area contributed by atoms with Gasteiger partial charge in [0.2, 0.25) is 0 Å². The van der Waals surface area contributed by atoms with E-state index in [1.165, 1.54) is 0 Å². The average Bonchev–Trinajstić information content (AvgIpc) is 2.95. The van der Waals surface area contributed by atoms with Crippen molar-refractivity contribution in [3.8, 4) is 0 Å². The van der Waals surface area contributed by atoms with E-state index < -0.39 is 21.5 Å². The molecule has 0 heterocycles. The summed E-state index contributed by atoms with van der Waals surface area (Å²) < 4.78 is 51.0. The molecule has 1 N–H and O–H groups in total. The molecule has 2 rings (SSSR count). The van der Waals surface area contributed by atoms with E-state index in [9.17, 15) is 17.2 Å². The van der Waals surface area contributed by atoms with E-state index in [4.69, 9.17) is 0 Å². The highest BCUT2D eigenvalue weighted by Crippen LogP contribution is 2.29. The van der Waals surface area contributed by atoms with Gasteiger partial charge in [0.15, 0.2) is 21.5 Å². The van der Waals surface area contributed by atoms with Gasteiger partial charge in [-0.15, -0.1) is 0 Å². The molecule has 0 aromatic heterocycles. The van der Waals surface area contributed by atoms with Crippen LogP contribution in [0.2, 0.25) is 0 Å². The van der Waals surface area contributed by atoms with Gasteiger partial charge in [-0.3, -0.25) is 0 Å². The fourth-order valence-electron chi connectivity index (χ4n) is 2.99. The van der Waals surface area contributed by atoms with Gasteiger partial charge < -0.3 is 5.32 Å². The fourth-order valence-corrected chi connectivity index (χ4v) is 4.60. The lowest BCUT2D eigenvalue weighted by Crippen LogP contribution is -2.40. The Labute approximate surface area is 124 Å². The first-order chi connectivity index (χ1) is 9.94. The third kappa shape index (κ3) is 4.01. The zero-order chi connectivity index (χ0) is 15.5. The molecule has 118 valence electrons. The molecule has 1 unspecified atom stereocenters. The monoisotopic (exact) mass is 317 g/mol. The minimum absolute atomic E-state index is 0.0728. The van der Waals surface area contributed by atoms with Crippen LogP contribution in [0.25, 0.3) is 0 Å². The van der Waals surface area contributed by atoms with Crippen LogP contribution in [0.1, 0.15) is 32.6 Å². The molecule has 3 nitrogen and oxygen atoms in total. The Bertz CT molecular complexity index is 583. The van der Waals surface area contributed by atoms with Crippen molar-refractivity contribution in [2.45, 2.75) is 43.5 Å². The summed E-state index contributed by atoms with van der Waals surface area (Å²) in [6.07, 6.45) is 4.28. The summed E-state index contributed by atoms with van der Waals surface area (Å²) >= 11 is 0. The zero-order valence-electron chi connectivity index (χ0n) is 12.1. The molecule has 1 atom stereocenters. The molecule has 0 amide bonds. The van der Waals surface area contributed by atoms with Crippen molar-refractivity contribution in [2.24, 2.45) is 5.92 Å². The van der Waals surface area contributed by atoms with E-state index in [2.05, 4.69) is 5.32 Å². The molecule has 0 radical (unpaired) electrons. The topological polar surface area (TPSA) is 46.2 Å². The molecular formula is C15H21F2NO2S. The van der Waals surface area contributed by atoms with Gasteiger partial charge in [-0.1, -0.05) is 19.8 Å². The molecule has 1 saturated carbocycles. The maximum absolute atomic E-state index is 13.2. The van der Waals surface area contributed by atoms with Gasteiger partial charge in [-0.2, -0.15) is 0 Å². The summed E-state index contributed by atoms with van der Waals surface area (Å²) in [5, 5.41) is 3.23. The third-order valence-electron chi connectivity index (χ3n) is 4.08. The first kappa shape index (κ1) is 16.4. The smallest absolute Gasteiger partial charge is 0.180 e. The SMILES string of the molecule is CCNC(CS(=O)(=O)c1ccc(F)c(F)c1)C1CCCC1. The van der Waals surface area contributed by atoms with Gasteiger partial charge >= 0.3 is 0 Å². The minimum atomic E-state index is -3.63. The Morgan fingerprint density at radius 2 is 1.90 bits per heavy atom. The van der Waals surface area contributed by atoms with Gasteiger partial charge in [0.25, 0.3) is 0 Å². The molecule has 1 fully saturated rings. The van der Waals surface area contributed by atoms with E-state index in [1.807, 2.05) is 6.92 Å². The molecule has 0 bridgehead atoms. The molecule has 1 aliphatic carbocycles.